The van der Waals surface area contributed by atoms with Crippen LogP contribution >= 0.6 is 15.9 Å². The van der Waals surface area contributed by atoms with Gasteiger partial charge in [0.25, 0.3) is 5.91 Å². The van der Waals surface area contributed by atoms with Gasteiger partial charge in [-0.1, -0.05) is 46.3 Å². The Kier molecular flexibility index (Phi) is 3.62. The number of nitrogens with zero attached hydrogens (tertiary/aromatic N) is 1. The lowest BCUT2D eigenvalue weighted by atomic mass is 10.1. The number of hydrogen-bond donors (Lipinski definition) is 1. The zero-order chi connectivity index (χ0) is 14.8. The van der Waals surface area contributed by atoms with E-state index in [9.17, 15) is 4.79 Å². The van der Waals surface area contributed by atoms with Crippen molar-refractivity contribution >= 4 is 44.5 Å². The minimum atomic E-state index is -0.449. The molecule has 1 heterocycles. The lowest BCUT2D eigenvalue weighted by molar-refractivity contribution is -0.112. The Morgan fingerprint density at radius 3 is 2.48 bits per heavy atom. The van der Waals surface area contributed by atoms with Gasteiger partial charge in [-0.15, -0.1) is 0 Å². The van der Waals surface area contributed by atoms with Crippen LogP contribution in [0.25, 0.3) is 22.7 Å². The average Bonchev–Trinajstić information content (AvgIpc) is 2.89. The van der Waals surface area contributed by atoms with Gasteiger partial charge in [0.15, 0.2) is 0 Å². The first kappa shape index (κ1) is 13.6. The van der Waals surface area contributed by atoms with E-state index >= 15 is 0 Å². The normalized spacial score (nSPS) is 11.8. The molecule has 104 valence electrons. The maximum Gasteiger partial charge on any atom is 0.250 e. The first-order valence-corrected chi connectivity index (χ1v) is 7.27. The van der Waals surface area contributed by atoms with Crippen molar-refractivity contribution in [1.29, 1.82) is 0 Å². The third-order valence-electron chi connectivity index (χ3n) is 3.32. The molecule has 3 aromatic rings. The highest BCUT2D eigenvalue weighted by atomic mass is 79.9. The van der Waals surface area contributed by atoms with E-state index in [0.29, 0.717) is 5.57 Å². The number of hydrogen-bond acceptors (Lipinski definition) is 1. The predicted molar refractivity (Wildman–Crippen MR) is 89.4 cm³/mol. The van der Waals surface area contributed by atoms with Crippen molar-refractivity contribution in [3.05, 3.63) is 70.8 Å². The highest BCUT2D eigenvalue weighted by Gasteiger charge is 2.09. The molecule has 3 nitrogen and oxygen atoms in total. The van der Waals surface area contributed by atoms with Gasteiger partial charge in [0, 0.05) is 16.9 Å². The largest absolute Gasteiger partial charge is 0.366 e. The maximum atomic E-state index is 11.8. The number of aromatic nitrogens is 1. The molecule has 1 amide bonds. The first-order valence-electron chi connectivity index (χ1n) is 6.48. The molecule has 0 atom stereocenters. The fourth-order valence-electron chi connectivity index (χ4n) is 2.27. The van der Waals surface area contributed by atoms with Gasteiger partial charge in [0.05, 0.1) is 11.1 Å². The molecule has 1 aromatic heterocycles. The number of nitrogens with two attached hydrogens (primary N) is 1. The van der Waals surface area contributed by atoms with E-state index in [1.165, 1.54) is 0 Å². The monoisotopic (exact) mass is 340 g/mol. The van der Waals surface area contributed by atoms with Gasteiger partial charge in [-0.3, -0.25) is 4.79 Å². The van der Waals surface area contributed by atoms with E-state index in [4.69, 9.17) is 5.73 Å². The number of rotatable bonds is 3. The van der Waals surface area contributed by atoms with Gasteiger partial charge < -0.3 is 10.3 Å². The third kappa shape index (κ3) is 2.76. The summed E-state index contributed by atoms with van der Waals surface area (Å²) in [5.41, 5.74) is 7.84. The number of para-hydroxylation sites is 1. The molecule has 0 unspecified atom stereocenters. The highest BCUT2D eigenvalue weighted by Crippen LogP contribution is 2.21. The van der Waals surface area contributed by atoms with Crippen LogP contribution in [0, 0.1) is 0 Å². The number of halogens is 1. The van der Waals surface area contributed by atoms with E-state index in [-0.39, 0.29) is 0 Å². The van der Waals surface area contributed by atoms with Crippen LogP contribution in [0.2, 0.25) is 0 Å². The summed E-state index contributed by atoms with van der Waals surface area (Å²) < 4.78 is 2.87. The van der Waals surface area contributed by atoms with Gasteiger partial charge in [0.1, 0.15) is 0 Å². The van der Waals surface area contributed by atoms with Gasteiger partial charge in [-0.25, -0.2) is 0 Å². The molecule has 0 fully saturated rings. The molecular weight excluding hydrogens is 328 g/mol. The van der Waals surface area contributed by atoms with Crippen LogP contribution in [-0.2, 0) is 4.79 Å². The lowest BCUT2D eigenvalue weighted by Gasteiger charge is -2.06. The molecule has 2 aromatic carbocycles. The van der Waals surface area contributed by atoms with Crippen molar-refractivity contribution in [2.45, 2.75) is 0 Å². The molecule has 21 heavy (non-hydrogen) atoms. The molecule has 0 spiro atoms. The number of primary amides is 1. The number of amides is 1. The van der Waals surface area contributed by atoms with Crippen molar-refractivity contribution in [2.75, 3.05) is 0 Å². The van der Waals surface area contributed by atoms with Crippen LogP contribution < -0.4 is 5.73 Å². The topological polar surface area (TPSA) is 48.0 Å². The minimum Gasteiger partial charge on any atom is -0.366 e. The van der Waals surface area contributed by atoms with E-state index in [1.807, 2.05) is 65.4 Å². The van der Waals surface area contributed by atoms with Crippen LogP contribution in [0.1, 0.15) is 5.56 Å². The van der Waals surface area contributed by atoms with E-state index in [0.717, 1.165) is 20.9 Å². The Balaban J connectivity index is 2.13. The Hall–Kier alpha value is -2.33. The molecular formula is C17H13BrN2O. The zero-order valence-electron chi connectivity index (χ0n) is 11.2. The summed E-state index contributed by atoms with van der Waals surface area (Å²) in [4.78, 5) is 11.8. The fourth-order valence-corrected chi connectivity index (χ4v) is 2.53. The average molecular weight is 341 g/mol. The van der Waals surface area contributed by atoms with Gasteiger partial charge in [0.2, 0.25) is 0 Å². The fraction of sp³-hybridized carbons (Fsp3) is 0. The van der Waals surface area contributed by atoms with Crippen LogP contribution in [0.5, 0.6) is 0 Å². The Morgan fingerprint density at radius 1 is 1.05 bits per heavy atom. The molecule has 0 aliphatic heterocycles. The smallest absolute Gasteiger partial charge is 0.250 e. The number of carbonyl (C=O) groups is 1. The van der Waals surface area contributed by atoms with Crippen molar-refractivity contribution < 1.29 is 4.79 Å². The standard InChI is InChI=1S/C17H13BrN2O/c18-14-7-5-12(6-8-14)15(17(19)21)11-20-10-9-13-3-1-2-4-16(13)20/h1-11H,(H2,19,21). The molecule has 0 bridgehead atoms. The summed E-state index contributed by atoms with van der Waals surface area (Å²) in [6.07, 6.45) is 3.69. The Bertz CT molecular complexity index is 831. The second-order valence-electron chi connectivity index (χ2n) is 4.70. The van der Waals surface area contributed by atoms with E-state index in [2.05, 4.69) is 15.9 Å². The molecule has 3 rings (SSSR count). The predicted octanol–water partition coefficient (Wildman–Crippen LogP) is 3.89. The first-order chi connectivity index (χ1) is 10.1. The summed E-state index contributed by atoms with van der Waals surface area (Å²) in [7, 11) is 0. The van der Waals surface area contributed by atoms with Crippen molar-refractivity contribution in [3.63, 3.8) is 0 Å². The SMILES string of the molecule is NC(=O)C(=Cn1ccc2ccccc21)c1ccc(Br)cc1. The number of fused-ring (bicyclic) bond motifs is 1. The minimum absolute atomic E-state index is 0.449. The summed E-state index contributed by atoms with van der Waals surface area (Å²) in [5.74, 6) is -0.449. The van der Waals surface area contributed by atoms with Crippen LogP contribution in [-0.4, -0.2) is 10.5 Å². The molecule has 4 heteroatoms. The highest BCUT2D eigenvalue weighted by molar-refractivity contribution is 9.10. The Morgan fingerprint density at radius 2 is 1.76 bits per heavy atom. The molecule has 0 radical (unpaired) electrons. The maximum absolute atomic E-state index is 11.8. The van der Waals surface area contributed by atoms with E-state index in [1.54, 1.807) is 6.20 Å². The van der Waals surface area contributed by atoms with Crippen molar-refractivity contribution in [2.24, 2.45) is 5.73 Å². The number of carbonyl (C=O) groups excluding carboxylic acids is 1. The molecule has 0 saturated carbocycles. The van der Waals surface area contributed by atoms with Crippen molar-refractivity contribution in [1.82, 2.24) is 4.57 Å². The summed E-state index contributed by atoms with van der Waals surface area (Å²) >= 11 is 3.38. The summed E-state index contributed by atoms with van der Waals surface area (Å²) in [6.45, 7) is 0. The molecule has 0 saturated heterocycles. The van der Waals surface area contributed by atoms with Crippen LogP contribution in [0.15, 0.2) is 65.3 Å². The summed E-state index contributed by atoms with van der Waals surface area (Å²) in [5, 5.41) is 1.12. The van der Waals surface area contributed by atoms with Crippen LogP contribution in [0.4, 0.5) is 0 Å². The van der Waals surface area contributed by atoms with E-state index < -0.39 is 5.91 Å². The second-order valence-corrected chi connectivity index (χ2v) is 5.61. The third-order valence-corrected chi connectivity index (χ3v) is 3.85. The quantitative estimate of drug-likeness (QED) is 0.722. The van der Waals surface area contributed by atoms with Crippen molar-refractivity contribution in [3.8, 4) is 0 Å². The van der Waals surface area contributed by atoms with Gasteiger partial charge in [-0.05, 0) is 35.2 Å². The molecule has 0 aliphatic carbocycles. The van der Waals surface area contributed by atoms with Gasteiger partial charge in [-0.2, -0.15) is 0 Å². The zero-order valence-corrected chi connectivity index (χ0v) is 12.7. The summed E-state index contributed by atoms with van der Waals surface area (Å²) in [6, 6.07) is 17.5. The Labute approximate surface area is 130 Å². The van der Waals surface area contributed by atoms with Gasteiger partial charge >= 0.3 is 0 Å². The molecule has 2 N–H and O–H groups in total. The second kappa shape index (κ2) is 5.58. The van der Waals surface area contributed by atoms with Crippen LogP contribution in [0.3, 0.4) is 0 Å². The molecule has 0 aliphatic rings. The number of benzene rings is 2. The lowest BCUT2D eigenvalue weighted by Crippen LogP contribution is -2.13.